The van der Waals surface area contributed by atoms with Crippen LogP contribution in [-0.2, 0) is 13.1 Å². The van der Waals surface area contributed by atoms with E-state index in [4.69, 9.17) is 0 Å². The van der Waals surface area contributed by atoms with E-state index in [9.17, 15) is 4.39 Å². The fourth-order valence-electron chi connectivity index (χ4n) is 2.11. The van der Waals surface area contributed by atoms with Crippen LogP contribution in [0, 0.1) is 12.7 Å². The van der Waals surface area contributed by atoms with Gasteiger partial charge in [0.05, 0.1) is 0 Å². The molecule has 0 amide bonds. The maximum atomic E-state index is 13.0. The average molecular weight is 272 g/mol. The van der Waals surface area contributed by atoms with Crippen LogP contribution in [0.25, 0.3) is 0 Å². The fourth-order valence-corrected chi connectivity index (χ4v) is 2.11. The predicted molar refractivity (Wildman–Crippen MR) is 82.4 cm³/mol. The van der Waals surface area contributed by atoms with E-state index < -0.39 is 0 Å². The van der Waals surface area contributed by atoms with Gasteiger partial charge >= 0.3 is 0 Å². The van der Waals surface area contributed by atoms with Gasteiger partial charge in [0.15, 0.2) is 0 Å². The second-order valence-electron chi connectivity index (χ2n) is 5.24. The van der Waals surface area contributed by atoms with Crippen LogP contribution in [0.2, 0.25) is 0 Å². The van der Waals surface area contributed by atoms with E-state index in [-0.39, 0.29) is 5.82 Å². The molecule has 0 aliphatic heterocycles. The normalized spacial score (nSPS) is 10.6. The number of nitrogens with zero attached hydrogens (tertiary/aromatic N) is 1. The number of benzene rings is 2. The van der Waals surface area contributed by atoms with Gasteiger partial charge in [0.1, 0.15) is 5.82 Å². The lowest BCUT2D eigenvalue weighted by Gasteiger charge is -2.13. The predicted octanol–water partition coefficient (Wildman–Crippen LogP) is 3.49. The van der Waals surface area contributed by atoms with Gasteiger partial charge in [0, 0.05) is 32.9 Å². The van der Waals surface area contributed by atoms with E-state index in [2.05, 4.69) is 34.5 Å². The van der Waals surface area contributed by atoms with Crippen LogP contribution in [0.5, 0.6) is 0 Å². The molecule has 0 aliphatic rings. The van der Waals surface area contributed by atoms with Crippen molar-refractivity contribution in [3.05, 3.63) is 65.0 Å². The third kappa shape index (κ3) is 3.81. The summed E-state index contributed by atoms with van der Waals surface area (Å²) in [6.45, 7) is 3.50. The molecule has 0 unspecified atom stereocenters. The summed E-state index contributed by atoms with van der Waals surface area (Å²) < 4.78 is 13.0. The van der Waals surface area contributed by atoms with Gasteiger partial charge in [-0.15, -0.1) is 0 Å². The fraction of sp³-hybridized carbons (Fsp3) is 0.294. The van der Waals surface area contributed by atoms with E-state index >= 15 is 0 Å². The van der Waals surface area contributed by atoms with Gasteiger partial charge in [-0.1, -0.05) is 18.2 Å². The highest BCUT2D eigenvalue weighted by molar-refractivity contribution is 5.45. The van der Waals surface area contributed by atoms with Gasteiger partial charge in [-0.2, -0.15) is 0 Å². The molecule has 0 aliphatic carbocycles. The first-order valence-electron chi connectivity index (χ1n) is 6.78. The molecule has 2 rings (SSSR count). The molecular formula is C17H21FN2. The zero-order valence-corrected chi connectivity index (χ0v) is 12.3. The average Bonchev–Trinajstić information content (AvgIpc) is 2.42. The Labute approximate surface area is 120 Å². The minimum Gasteiger partial charge on any atom is -0.378 e. The highest BCUT2D eigenvalue weighted by atomic mass is 19.1. The van der Waals surface area contributed by atoms with Crippen LogP contribution < -0.4 is 10.2 Å². The first-order chi connectivity index (χ1) is 9.56. The van der Waals surface area contributed by atoms with Crippen molar-refractivity contribution in [2.75, 3.05) is 19.0 Å². The van der Waals surface area contributed by atoms with Gasteiger partial charge in [-0.05, 0) is 47.9 Å². The molecule has 0 atom stereocenters. The lowest BCUT2D eigenvalue weighted by Crippen LogP contribution is -2.14. The van der Waals surface area contributed by atoms with Crippen LogP contribution in [0.15, 0.2) is 42.5 Å². The van der Waals surface area contributed by atoms with Crippen molar-refractivity contribution in [3.8, 4) is 0 Å². The Bertz CT molecular complexity index is 562. The van der Waals surface area contributed by atoms with E-state index in [0.29, 0.717) is 0 Å². The molecule has 0 radical (unpaired) electrons. The molecule has 20 heavy (non-hydrogen) atoms. The Kier molecular flexibility index (Phi) is 4.74. The summed E-state index contributed by atoms with van der Waals surface area (Å²) in [4.78, 5) is 2.08. The topological polar surface area (TPSA) is 15.3 Å². The van der Waals surface area contributed by atoms with Crippen molar-refractivity contribution in [1.29, 1.82) is 0 Å². The van der Waals surface area contributed by atoms with Gasteiger partial charge < -0.3 is 10.2 Å². The zero-order chi connectivity index (χ0) is 14.5. The number of nitrogens with one attached hydrogen (secondary N) is 1. The quantitative estimate of drug-likeness (QED) is 0.896. The summed E-state index contributed by atoms with van der Waals surface area (Å²) in [5, 5.41) is 3.39. The van der Waals surface area contributed by atoms with Crippen LogP contribution in [0.4, 0.5) is 10.1 Å². The Balaban J connectivity index is 1.89. The monoisotopic (exact) mass is 272 g/mol. The summed E-state index contributed by atoms with van der Waals surface area (Å²) >= 11 is 0. The lowest BCUT2D eigenvalue weighted by atomic mass is 10.1. The summed E-state index contributed by atoms with van der Waals surface area (Å²) in [5.41, 5.74) is 4.57. The van der Waals surface area contributed by atoms with Crippen LogP contribution in [0.3, 0.4) is 0 Å². The number of halogens is 1. The largest absolute Gasteiger partial charge is 0.378 e. The van der Waals surface area contributed by atoms with Crippen molar-refractivity contribution in [2.45, 2.75) is 20.0 Å². The lowest BCUT2D eigenvalue weighted by molar-refractivity contribution is 0.623. The van der Waals surface area contributed by atoms with Crippen molar-refractivity contribution in [2.24, 2.45) is 0 Å². The molecule has 0 aromatic heterocycles. The Morgan fingerprint density at radius 2 is 1.70 bits per heavy atom. The molecule has 0 fully saturated rings. The van der Waals surface area contributed by atoms with E-state index in [1.165, 1.54) is 17.3 Å². The zero-order valence-electron chi connectivity index (χ0n) is 12.3. The van der Waals surface area contributed by atoms with Crippen molar-refractivity contribution in [3.63, 3.8) is 0 Å². The molecular weight excluding hydrogens is 251 g/mol. The number of aryl methyl sites for hydroxylation is 1. The highest BCUT2D eigenvalue weighted by Gasteiger charge is 2.00. The van der Waals surface area contributed by atoms with Gasteiger partial charge in [-0.3, -0.25) is 0 Å². The Morgan fingerprint density at radius 3 is 2.30 bits per heavy atom. The Morgan fingerprint density at radius 1 is 1.00 bits per heavy atom. The maximum Gasteiger partial charge on any atom is 0.123 e. The molecule has 0 bridgehead atoms. The molecule has 2 aromatic rings. The molecule has 3 heteroatoms. The van der Waals surface area contributed by atoms with Crippen molar-refractivity contribution < 1.29 is 4.39 Å². The SMILES string of the molecule is Cc1cc(F)ccc1CNCc1ccc(N(C)C)cc1. The number of hydrogen-bond donors (Lipinski definition) is 1. The molecule has 0 spiro atoms. The number of anilines is 1. The smallest absolute Gasteiger partial charge is 0.123 e. The Hall–Kier alpha value is -1.87. The maximum absolute atomic E-state index is 13.0. The van der Waals surface area contributed by atoms with Crippen LogP contribution >= 0.6 is 0 Å². The first kappa shape index (κ1) is 14.5. The second-order valence-corrected chi connectivity index (χ2v) is 5.24. The van der Waals surface area contributed by atoms with Crippen molar-refractivity contribution >= 4 is 5.69 Å². The molecule has 0 saturated heterocycles. The van der Waals surface area contributed by atoms with E-state index in [1.807, 2.05) is 27.1 Å². The van der Waals surface area contributed by atoms with Crippen LogP contribution in [0.1, 0.15) is 16.7 Å². The van der Waals surface area contributed by atoms with E-state index in [1.54, 1.807) is 6.07 Å². The van der Waals surface area contributed by atoms with Gasteiger partial charge in [-0.25, -0.2) is 4.39 Å². The minimum absolute atomic E-state index is 0.175. The molecule has 1 N–H and O–H groups in total. The minimum atomic E-state index is -0.175. The summed E-state index contributed by atoms with van der Waals surface area (Å²) in [6, 6.07) is 13.4. The van der Waals surface area contributed by atoms with E-state index in [0.717, 1.165) is 24.2 Å². The molecule has 2 aromatic carbocycles. The highest BCUT2D eigenvalue weighted by Crippen LogP contribution is 2.13. The summed E-state index contributed by atoms with van der Waals surface area (Å²) in [6.07, 6.45) is 0. The molecule has 0 heterocycles. The molecule has 106 valence electrons. The summed E-state index contributed by atoms with van der Waals surface area (Å²) in [5.74, 6) is -0.175. The standard InChI is InChI=1S/C17H21FN2/c1-13-10-16(18)7-6-15(13)12-19-11-14-4-8-17(9-5-14)20(2)3/h4-10,19H,11-12H2,1-3H3. The second kappa shape index (κ2) is 6.53. The number of rotatable bonds is 5. The third-order valence-electron chi connectivity index (χ3n) is 3.40. The molecule has 2 nitrogen and oxygen atoms in total. The van der Waals surface area contributed by atoms with Crippen LogP contribution in [-0.4, -0.2) is 14.1 Å². The van der Waals surface area contributed by atoms with Gasteiger partial charge in [0.2, 0.25) is 0 Å². The molecule has 0 saturated carbocycles. The van der Waals surface area contributed by atoms with Crippen molar-refractivity contribution in [1.82, 2.24) is 5.32 Å². The first-order valence-corrected chi connectivity index (χ1v) is 6.78. The number of hydrogen-bond acceptors (Lipinski definition) is 2. The third-order valence-corrected chi connectivity index (χ3v) is 3.40. The summed E-state index contributed by atoms with van der Waals surface area (Å²) in [7, 11) is 4.06. The van der Waals surface area contributed by atoms with Gasteiger partial charge in [0.25, 0.3) is 0 Å².